The van der Waals surface area contributed by atoms with Crippen molar-refractivity contribution in [2.24, 2.45) is 5.73 Å². The number of halogens is 3. The molecular formula is C15H14F3NO. The van der Waals surface area contributed by atoms with E-state index in [1.807, 2.05) is 0 Å². The van der Waals surface area contributed by atoms with Gasteiger partial charge in [-0.05, 0) is 18.2 Å². The van der Waals surface area contributed by atoms with Crippen molar-refractivity contribution in [3.8, 4) is 5.75 Å². The Morgan fingerprint density at radius 3 is 2.50 bits per heavy atom. The molecule has 2 nitrogen and oxygen atoms in total. The van der Waals surface area contributed by atoms with Gasteiger partial charge in [0.25, 0.3) is 5.92 Å². The minimum absolute atomic E-state index is 0.0235. The van der Waals surface area contributed by atoms with E-state index in [9.17, 15) is 13.2 Å². The Balaban J connectivity index is 2.11. The lowest BCUT2D eigenvalue weighted by atomic mass is 10.1. The predicted octanol–water partition coefficient (Wildman–Crippen LogP) is 3.46. The van der Waals surface area contributed by atoms with E-state index in [-0.39, 0.29) is 17.9 Å². The fourth-order valence-corrected chi connectivity index (χ4v) is 1.71. The van der Waals surface area contributed by atoms with Crippen LogP contribution in [-0.4, -0.2) is 6.54 Å². The van der Waals surface area contributed by atoms with Crippen LogP contribution < -0.4 is 10.5 Å². The van der Waals surface area contributed by atoms with Gasteiger partial charge >= 0.3 is 0 Å². The maximum absolute atomic E-state index is 13.5. The first-order valence-electron chi connectivity index (χ1n) is 6.07. The van der Waals surface area contributed by atoms with Crippen LogP contribution in [0.25, 0.3) is 0 Å². The quantitative estimate of drug-likeness (QED) is 0.911. The summed E-state index contributed by atoms with van der Waals surface area (Å²) in [7, 11) is 0. The lowest BCUT2D eigenvalue weighted by molar-refractivity contribution is 0.00569. The van der Waals surface area contributed by atoms with Crippen LogP contribution in [0.5, 0.6) is 5.75 Å². The fraction of sp³-hybridized carbons (Fsp3) is 0.200. The zero-order chi connectivity index (χ0) is 14.6. The summed E-state index contributed by atoms with van der Waals surface area (Å²) in [4.78, 5) is 0. The van der Waals surface area contributed by atoms with Gasteiger partial charge in [0.1, 0.15) is 18.2 Å². The molecule has 20 heavy (non-hydrogen) atoms. The Morgan fingerprint density at radius 2 is 1.80 bits per heavy atom. The normalized spacial score (nSPS) is 11.4. The molecule has 106 valence electrons. The molecule has 2 rings (SSSR count). The summed E-state index contributed by atoms with van der Waals surface area (Å²) in [6.07, 6.45) is 0. The van der Waals surface area contributed by atoms with Gasteiger partial charge in [-0.25, -0.2) is 4.39 Å². The molecule has 0 aromatic heterocycles. The number of benzene rings is 2. The summed E-state index contributed by atoms with van der Waals surface area (Å²) < 4.78 is 45.6. The van der Waals surface area contributed by atoms with E-state index < -0.39 is 18.3 Å². The van der Waals surface area contributed by atoms with Crippen molar-refractivity contribution in [3.63, 3.8) is 0 Å². The molecule has 2 aromatic carbocycles. The van der Waals surface area contributed by atoms with Gasteiger partial charge in [0.2, 0.25) is 0 Å². The van der Waals surface area contributed by atoms with Crippen LogP contribution in [0, 0.1) is 5.82 Å². The monoisotopic (exact) mass is 281 g/mol. The summed E-state index contributed by atoms with van der Waals surface area (Å²) in [5, 5.41) is 0. The lowest BCUT2D eigenvalue weighted by Crippen LogP contribution is -2.24. The van der Waals surface area contributed by atoms with Crippen LogP contribution >= 0.6 is 0 Å². The Kier molecular flexibility index (Phi) is 4.29. The maximum atomic E-state index is 13.5. The van der Waals surface area contributed by atoms with Crippen LogP contribution in [0.15, 0.2) is 48.5 Å². The molecule has 0 aliphatic rings. The standard InChI is InChI=1S/C15H14F3NO/c16-14-7-2-1-4-11(14)9-20-13-6-3-5-12(8-13)15(17,18)10-19/h1-8H,9-10,19H2. The van der Waals surface area contributed by atoms with E-state index in [1.165, 1.54) is 30.3 Å². The number of hydrogen-bond acceptors (Lipinski definition) is 2. The molecule has 5 heteroatoms. The second-order valence-electron chi connectivity index (χ2n) is 4.32. The van der Waals surface area contributed by atoms with E-state index in [2.05, 4.69) is 0 Å². The van der Waals surface area contributed by atoms with Gasteiger partial charge in [-0.1, -0.05) is 30.3 Å². The second kappa shape index (κ2) is 5.96. The summed E-state index contributed by atoms with van der Waals surface area (Å²) in [6, 6.07) is 11.6. The largest absolute Gasteiger partial charge is 0.489 e. The molecule has 0 fully saturated rings. The number of rotatable bonds is 5. The van der Waals surface area contributed by atoms with E-state index in [4.69, 9.17) is 10.5 Å². The van der Waals surface area contributed by atoms with Gasteiger partial charge in [-0.15, -0.1) is 0 Å². The topological polar surface area (TPSA) is 35.2 Å². The van der Waals surface area contributed by atoms with Crippen LogP contribution in [0.4, 0.5) is 13.2 Å². The Bertz CT molecular complexity index is 587. The highest BCUT2D eigenvalue weighted by molar-refractivity contribution is 5.32. The minimum Gasteiger partial charge on any atom is -0.489 e. The average molecular weight is 281 g/mol. The Morgan fingerprint density at radius 1 is 1.05 bits per heavy atom. The van der Waals surface area contributed by atoms with Crippen molar-refractivity contribution in [1.82, 2.24) is 0 Å². The third-order valence-electron chi connectivity index (χ3n) is 2.86. The van der Waals surface area contributed by atoms with Gasteiger partial charge in [0.15, 0.2) is 0 Å². The van der Waals surface area contributed by atoms with Gasteiger partial charge in [0.05, 0.1) is 6.54 Å². The highest BCUT2D eigenvalue weighted by Crippen LogP contribution is 2.29. The zero-order valence-corrected chi connectivity index (χ0v) is 10.7. The second-order valence-corrected chi connectivity index (χ2v) is 4.32. The first kappa shape index (κ1) is 14.4. The first-order chi connectivity index (χ1) is 9.53. The molecule has 0 spiro atoms. The van der Waals surface area contributed by atoms with Crippen molar-refractivity contribution in [2.75, 3.05) is 6.54 Å². The minimum atomic E-state index is -3.10. The third kappa shape index (κ3) is 3.30. The van der Waals surface area contributed by atoms with E-state index in [1.54, 1.807) is 18.2 Å². The molecule has 2 aromatic rings. The molecule has 0 atom stereocenters. The van der Waals surface area contributed by atoms with Crippen molar-refractivity contribution >= 4 is 0 Å². The van der Waals surface area contributed by atoms with E-state index >= 15 is 0 Å². The number of ether oxygens (including phenoxy) is 1. The summed E-state index contributed by atoms with van der Waals surface area (Å²) in [6.45, 7) is -0.798. The molecule has 0 saturated heterocycles. The van der Waals surface area contributed by atoms with Gasteiger partial charge in [-0.2, -0.15) is 8.78 Å². The molecule has 0 heterocycles. The van der Waals surface area contributed by atoms with Gasteiger partial charge in [-0.3, -0.25) is 0 Å². The van der Waals surface area contributed by atoms with Crippen LogP contribution in [-0.2, 0) is 12.5 Å². The summed E-state index contributed by atoms with van der Waals surface area (Å²) in [5.41, 5.74) is 5.18. The molecule has 2 N–H and O–H groups in total. The Labute approximate surface area is 115 Å². The maximum Gasteiger partial charge on any atom is 0.285 e. The molecule has 0 aliphatic heterocycles. The molecule has 0 saturated carbocycles. The molecule has 0 unspecified atom stereocenters. The molecule has 0 bridgehead atoms. The van der Waals surface area contributed by atoms with Crippen LogP contribution in [0.3, 0.4) is 0 Å². The molecule has 0 amide bonds. The Hall–Kier alpha value is -2.01. The van der Waals surface area contributed by atoms with Crippen LogP contribution in [0.2, 0.25) is 0 Å². The lowest BCUT2D eigenvalue weighted by Gasteiger charge is -2.15. The van der Waals surface area contributed by atoms with E-state index in [0.29, 0.717) is 5.56 Å². The van der Waals surface area contributed by atoms with Crippen molar-refractivity contribution in [1.29, 1.82) is 0 Å². The number of alkyl halides is 2. The predicted molar refractivity (Wildman–Crippen MR) is 70.1 cm³/mol. The van der Waals surface area contributed by atoms with Crippen LogP contribution in [0.1, 0.15) is 11.1 Å². The smallest absolute Gasteiger partial charge is 0.285 e. The molecule has 0 radical (unpaired) electrons. The number of hydrogen-bond donors (Lipinski definition) is 1. The van der Waals surface area contributed by atoms with Crippen molar-refractivity contribution < 1.29 is 17.9 Å². The van der Waals surface area contributed by atoms with Gasteiger partial charge < -0.3 is 10.5 Å². The fourth-order valence-electron chi connectivity index (χ4n) is 1.71. The van der Waals surface area contributed by atoms with Crippen molar-refractivity contribution in [2.45, 2.75) is 12.5 Å². The van der Waals surface area contributed by atoms with E-state index in [0.717, 1.165) is 0 Å². The SMILES string of the molecule is NCC(F)(F)c1cccc(OCc2ccccc2F)c1. The average Bonchev–Trinajstić information content (AvgIpc) is 2.47. The highest BCUT2D eigenvalue weighted by Gasteiger charge is 2.29. The third-order valence-corrected chi connectivity index (χ3v) is 2.86. The van der Waals surface area contributed by atoms with Gasteiger partial charge in [0, 0.05) is 11.1 Å². The summed E-state index contributed by atoms with van der Waals surface area (Å²) in [5.74, 6) is -3.24. The van der Waals surface area contributed by atoms with Crippen molar-refractivity contribution in [3.05, 3.63) is 65.5 Å². The summed E-state index contributed by atoms with van der Waals surface area (Å²) >= 11 is 0. The number of nitrogens with two attached hydrogens (primary N) is 1. The molecule has 0 aliphatic carbocycles. The highest BCUT2D eigenvalue weighted by atomic mass is 19.3. The molecular weight excluding hydrogens is 267 g/mol. The zero-order valence-electron chi connectivity index (χ0n) is 10.7. The first-order valence-corrected chi connectivity index (χ1v) is 6.07.